The van der Waals surface area contributed by atoms with Gasteiger partial charge in [-0.2, -0.15) is 0 Å². The Labute approximate surface area is 114 Å². The first kappa shape index (κ1) is 15.5. The van der Waals surface area contributed by atoms with Gasteiger partial charge in [0.1, 0.15) is 0 Å². The highest BCUT2D eigenvalue weighted by Gasteiger charge is 2.41. The molecule has 108 valence electrons. The van der Waals surface area contributed by atoms with Crippen molar-refractivity contribution in [1.82, 2.24) is 10.2 Å². The van der Waals surface area contributed by atoms with Crippen molar-refractivity contribution in [3.63, 3.8) is 0 Å². The summed E-state index contributed by atoms with van der Waals surface area (Å²) in [4.78, 5) is 25.0. The highest BCUT2D eigenvalue weighted by atomic mass is 16.4. The molecule has 1 saturated heterocycles. The first-order valence-electron chi connectivity index (χ1n) is 6.81. The molecule has 0 saturated carbocycles. The number of hydrogen-bond donors (Lipinski definition) is 2. The summed E-state index contributed by atoms with van der Waals surface area (Å²) in [5.74, 6) is -0.795. The smallest absolute Gasteiger partial charge is 0.317 e. The van der Waals surface area contributed by atoms with E-state index in [9.17, 15) is 14.7 Å². The van der Waals surface area contributed by atoms with E-state index >= 15 is 0 Å². The minimum absolute atomic E-state index is 0.170. The number of nitrogens with one attached hydrogen (secondary N) is 1. The van der Waals surface area contributed by atoms with E-state index in [0.29, 0.717) is 32.5 Å². The lowest BCUT2D eigenvalue weighted by atomic mass is 9.78. The van der Waals surface area contributed by atoms with Gasteiger partial charge in [-0.3, -0.25) is 4.79 Å². The Morgan fingerprint density at radius 2 is 2.11 bits per heavy atom. The fraction of sp³-hybridized carbons (Fsp3) is 0.714. The zero-order chi connectivity index (χ0) is 14.5. The van der Waals surface area contributed by atoms with Crippen LogP contribution in [0, 0.1) is 5.41 Å². The van der Waals surface area contributed by atoms with E-state index in [1.54, 1.807) is 4.90 Å². The summed E-state index contributed by atoms with van der Waals surface area (Å²) in [7, 11) is 0. The second kappa shape index (κ2) is 6.59. The zero-order valence-electron chi connectivity index (χ0n) is 12.0. The van der Waals surface area contributed by atoms with Crippen molar-refractivity contribution in [2.75, 3.05) is 19.6 Å². The number of urea groups is 1. The topological polar surface area (TPSA) is 69.6 Å². The maximum atomic E-state index is 12.0. The van der Waals surface area contributed by atoms with Crippen molar-refractivity contribution in [1.29, 1.82) is 0 Å². The number of likely N-dealkylation sites (tertiary alicyclic amines) is 1. The van der Waals surface area contributed by atoms with E-state index in [1.807, 2.05) is 26.8 Å². The van der Waals surface area contributed by atoms with Gasteiger partial charge >= 0.3 is 12.0 Å². The number of hydrogen-bond acceptors (Lipinski definition) is 2. The lowest BCUT2D eigenvalue weighted by Crippen LogP contribution is -2.52. The Hall–Kier alpha value is -1.52. The van der Waals surface area contributed by atoms with E-state index in [2.05, 4.69) is 5.32 Å². The van der Waals surface area contributed by atoms with Crippen molar-refractivity contribution >= 4 is 12.0 Å². The molecule has 1 unspecified atom stereocenters. The fourth-order valence-electron chi connectivity index (χ4n) is 2.37. The van der Waals surface area contributed by atoms with Gasteiger partial charge in [-0.1, -0.05) is 18.6 Å². The molecule has 2 amide bonds. The van der Waals surface area contributed by atoms with Gasteiger partial charge in [0.2, 0.25) is 0 Å². The Morgan fingerprint density at radius 1 is 1.42 bits per heavy atom. The number of carboxylic acid groups (broad SMARTS) is 1. The number of piperidine rings is 1. The van der Waals surface area contributed by atoms with Crippen LogP contribution in [0.25, 0.3) is 0 Å². The van der Waals surface area contributed by atoms with E-state index in [0.717, 1.165) is 12.0 Å². The number of nitrogens with zero attached hydrogens (tertiary/aromatic N) is 1. The molecule has 1 aliphatic heterocycles. The van der Waals surface area contributed by atoms with Crippen LogP contribution in [0.3, 0.4) is 0 Å². The number of carbonyl (C=O) groups is 2. The molecule has 0 aliphatic carbocycles. The molecule has 1 aliphatic rings. The molecule has 0 spiro atoms. The molecule has 1 fully saturated rings. The number of aliphatic carboxylic acids is 1. The average molecular weight is 268 g/mol. The Bertz CT molecular complexity index is 375. The maximum absolute atomic E-state index is 12.0. The standard InChI is InChI=1S/C14H24N2O3/c1-4-14(12(17)18)7-5-9-16(10-14)13(19)15-8-6-11(2)3/h6H,4-5,7-10H2,1-3H3,(H,15,19)(H,17,18). The molecule has 2 N–H and O–H groups in total. The lowest BCUT2D eigenvalue weighted by Gasteiger charge is -2.39. The molecular weight excluding hydrogens is 244 g/mol. The first-order chi connectivity index (χ1) is 8.91. The summed E-state index contributed by atoms with van der Waals surface area (Å²) in [5, 5.41) is 12.2. The fourth-order valence-corrected chi connectivity index (χ4v) is 2.37. The minimum Gasteiger partial charge on any atom is -0.481 e. The van der Waals surface area contributed by atoms with Gasteiger partial charge in [-0.15, -0.1) is 0 Å². The molecule has 0 aromatic carbocycles. The van der Waals surface area contributed by atoms with Gasteiger partial charge < -0.3 is 15.3 Å². The third-order valence-corrected chi connectivity index (χ3v) is 3.76. The molecule has 1 rings (SSSR count). The second-order valence-electron chi connectivity index (χ2n) is 5.43. The molecular formula is C14H24N2O3. The summed E-state index contributed by atoms with van der Waals surface area (Å²) in [5.41, 5.74) is 0.374. The third kappa shape index (κ3) is 3.98. The predicted octanol–water partition coefficient (Wildman–Crippen LogP) is 2.24. The molecule has 5 heteroatoms. The number of allylic oxidation sites excluding steroid dienone is 1. The van der Waals surface area contributed by atoms with E-state index in [-0.39, 0.29) is 6.03 Å². The summed E-state index contributed by atoms with van der Waals surface area (Å²) in [6.07, 6.45) is 3.89. The molecule has 0 radical (unpaired) electrons. The highest BCUT2D eigenvalue weighted by molar-refractivity contribution is 5.78. The van der Waals surface area contributed by atoms with Crippen LogP contribution in [-0.2, 0) is 4.79 Å². The lowest BCUT2D eigenvalue weighted by molar-refractivity contribution is -0.152. The van der Waals surface area contributed by atoms with Crippen molar-refractivity contribution < 1.29 is 14.7 Å². The van der Waals surface area contributed by atoms with Gasteiger partial charge in [0.25, 0.3) is 0 Å². The Kier molecular flexibility index (Phi) is 5.39. The van der Waals surface area contributed by atoms with Crippen molar-refractivity contribution in [2.24, 2.45) is 5.41 Å². The summed E-state index contributed by atoms with van der Waals surface area (Å²) < 4.78 is 0. The highest BCUT2D eigenvalue weighted by Crippen LogP contribution is 2.33. The molecule has 0 aromatic rings. The Balaban J connectivity index is 2.61. The van der Waals surface area contributed by atoms with Crippen LogP contribution >= 0.6 is 0 Å². The number of amides is 2. The average Bonchev–Trinajstić information content (AvgIpc) is 2.38. The summed E-state index contributed by atoms with van der Waals surface area (Å²) in [6, 6.07) is -0.170. The van der Waals surface area contributed by atoms with Gasteiger partial charge in [0.05, 0.1) is 5.41 Å². The van der Waals surface area contributed by atoms with E-state index in [4.69, 9.17) is 0 Å². The molecule has 5 nitrogen and oxygen atoms in total. The van der Waals surface area contributed by atoms with Crippen LogP contribution in [0.1, 0.15) is 40.0 Å². The molecule has 19 heavy (non-hydrogen) atoms. The normalized spacial score (nSPS) is 22.8. The van der Waals surface area contributed by atoms with E-state index in [1.165, 1.54) is 0 Å². The maximum Gasteiger partial charge on any atom is 0.317 e. The van der Waals surface area contributed by atoms with Crippen molar-refractivity contribution in [3.8, 4) is 0 Å². The second-order valence-corrected chi connectivity index (χ2v) is 5.43. The predicted molar refractivity (Wildman–Crippen MR) is 74.0 cm³/mol. The summed E-state index contributed by atoms with van der Waals surface area (Å²) in [6.45, 7) is 7.25. The quantitative estimate of drug-likeness (QED) is 0.768. The molecule has 1 heterocycles. The molecule has 1 atom stereocenters. The van der Waals surface area contributed by atoms with Gasteiger partial charge in [-0.25, -0.2) is 4.79 Å². The largest absolute Gasteiger partial charge is 0.481 e. The number of rotatable bonds is 4. The minimum atomic E-state index is -0.795. The van der Waals surface area contributed by atoms with Crippen LogP contribution in [0.4, 0.5) is 4.79 Å². The SMILES string of the molecule is CCC1(C(=O)O)CCCN(C(=O)NCC=C(C)C)C1. The van der Waals surface area contributed by atoms with Crippen molar-refractivity contribution in [2.45, 2.75) is 40.0 Å². The zero-order valence-corrected chi connectivity index (χ0v) is 12.0. The first-order valence-corrected chi connectivity index (χ1v) is 6.81. The van der Waals surface area contributed by atoms with E-state index < -0.39 is 11.4 Å². The van der Waals surface area contributed by atoms with Crippen LogP contribution in [0.15, 0.2) is 11.6 Å². The number of carboxylic acids is 1. The third-order valence-electron chi connectivity index (χ3n) is 3.76. The summed E-state index contributed by atoms with van der Waals surface area (Å²) >= 11 is 0. The van der Waals surface area contributed by atoms with Crippen LogP contribution in [-0.4, -0.2) is 41.6 Å². The Morgan fingerprint density at radius 3 is 2.63 bits per heavy atom. The van der Waals surface area contributed by atoms with Gasteiger partial charge in [0, 0.05) is 19.6 Å². The van der Waals surface area contributed by atoms with Crippen LogP contribution < -0.4 is 5.32 Å². The van der Waals surface area contributed by atoms with Crippen molar-refractivity contribution in [3.05, 3.63) is 11.6 Å². The van der Waals surface area contributed by atoms with Gasteiger partial charge in [-0.05, 0) is 33.1 Å². The number of carbonyl (C=O) groups excluding carboxylic acids is 1. The molecule has 0 aromatic heterocycles. The van der Waals surface area contributed by atoms with Gasteiger partial charge in [0.15, 0.2) is 0 Å². The van der Waals surface area contributed by atoms with Crippen LogP contribution in [0.2, 0.25) is 0 Å². The molecule has 0 bridgehead atoms. The van der Waals surface area contributed by atoms with Crippen LogP contribution in [0.5, 0.6) is 0 Å². The monoisotopic (exact) mass is 268 g/mol.